The zero-order chi connectivity index (χ0) is 16.7. The van der Waals surface area contributed by atoms with Gasteiger partial charge in [-0.2, -0.15) is 5.10 Å². The fourth-order valence-electron chi connectivity index (χ4n) is 1.76. The van der Waals surface area contributed by atoms with E-state index in [0.29, 0.717) is 5.56 Å². The molecule has 6 heteroatoms. The summed E-state index contributed by atoms with van der Waals surface area (Å²) in [6.45, 7) is 1.58. The van der Waals surface area contributed by atoms with Crippen LogP contribution < -0.4 is 10.7 Å². The van der Waals surface area contributed by atoms with Gasteiger partial charge in [-0.3, -0.25) is 9.59 Å². The molecule has 2 rings (SSSR count). The van der Waals surface area contributed by atoms with Gasteiger partial charge in [0.2, 0.25) is 0 Å². The minimum absolute atomic E-state index is 0.156. The minimum Gasteiger partial charge on any atom is -0.508 e. The monoisotopic (exact) mass is 311 g/mol. The Morgan fingerprint density at radius 2 is 1.74 bits per heavy atom. The number of aromatic hydroxyl groups is 1. The average Bonchev–Trinajstić information content (AvgIpc) is 2.57. The molecule has 0 radical (unpaired) electrons. The highest BCUT2D eigenvalue weighted by Gasteiger charge is 2.15. The predicted octanol–water partition coefficient (Wildman–Crippen LogP) is 1.66. The van der Waals surface area contributed by atoms with E-state index in [0.717, 1.165) is 5.56 Å². The molecule has 23 heavy (non-hydrogen) atoms. The van der Waals surface area contributed by atoms with E-state index in [1.807, 2.05) is 6.07 Å². The summed E-state index contributed by atoms with van der Waals surface area (Å²) >= 11 is 0. The molecule has 0 saturated carbocycles. The molecular weight excluding hydrogens is 294 g/mol. The molecular formula is C17H17N3O3. The molecule has 1 atom stereocenters. The smallest absolute Gasteiger partial charge is 0.262 e. The second-order valence-electron chi connectivity index (χ2n) is 4.89. The van der Waals surface area contributed by atoms with Gasteiger partial charge in [0.25, 0.3) is 11.8 Å². The van der Waals surface area contributed by atoms with Gasteiger partial charge in [-0.15, -0.1) is 0 Å². The van der Waals surface area contributed by atoms with Crippen molar-refractivity contribution in [2.75, 3.05) is 0 Å². The number of benzene rings is 2. The lowest BCUT2D eigenvalue weighted by Gasteiger charge is -2.12. The number of amides is 2. The third kappa shape index (κ3) is 4.96. The summed E-state index contributed by atoms with van der Waals surface area (Å²) < 4.78 is 0. The Kier molecular flexibility index (Phi) is 5.46. The molecule has 6 nitrogen and oxygen atoms in total. The number of hydrogen-bond donors (Lipinski definition) is 3. The molecule has 2 aromatic carbocycles. The summed E-state index contributed by atoms with van der Waals surface area (Å²) in [4.78, 5) is 23.8. The predicted molar refractivity (Wildman–Crippen MR) is 87.2 cm³/mol. The van der Waals surface area contributed by atoms with Gasteiger partial charge in [0.05, 0.1) is 6.21 Å². The molecule has 0 aromatic heterocycles. The number of nitrogens with one attached hydrogen (secondary N) is 2. The van der Waals surface area contributed by atoms with Crippen LogP contribution in [0.25, 0.3) is 0 Å². The molecule has 2 amide bonds. The number of hydrazone groups is 1. The van der Waals surface area contributed by atoms with Gasteiger partial charge in [-0.25, -0.2) is 5.43 Å². The molecule has 2 aromatic rings. The second-order valence-corrected chi connectivity index (χ2v) is 4.89. The van der Waals surface area contributed by atoms with Crippen molar-refractivity contribution >= 4 is 18.0 Å². The first-order valence-corrected chi connectivity index (χ1v) is 7.04. The standard InChI is InChI=1S/C17H17N3O3/c1-12(19-17(23)14-5-3-2-4-6-14)16(22)20-18-11-13-7-9-15(21)10-8-13/h2-12,21H,1H3,(H,19,23)(H,20,22)/b18-11+/t12-/m0/s1. The molecule has 0 fully saturated rings. The summed E-state index contributed by atoms with van der Waals surface area (Å²) in [6, 6.07) is 14.3. The average molecular weight is 311 g/mol. The Hall–Kier alpha value is -3.15. The van der Waals surface area contributed by atoms with Gasteiger partial charge in [0.15, 0.2) is 0 Å². The van der Waals surface area contributed by atoms with Gasteiger partial charge < -0.3 is 10.4 Å². The summed E-state index contributed by atoms with van der Waals surface area (Å²) in [5.41, 5.74) is 3.57. The maximum absolute atomic E-state index is 11.9. The number of phenolic OH excluding ortho intramolecular Hbond substituents is 1. The van der Waals surface area contributed by atoms with Crippen LogP contribution >= 0.6 is 0 Å². The van der Waals surface area contributed by atoms with Crippen LogP contribution in [0.4, 0.5) is 0 Å². The highest BCUT2D eigenvalue weighted by molar-refractivity contribution is 5.97. The number of carbonyl (C=O) groups is 2. The number of hydrogen-bond acceptors (Lipinski definition) is 4. The normalized spacial score (nSPS) is 11.9. The molecule has 0 saturated heterocycles. The first-order chi connectivity index (χ1) is 11.1. The highest BCUT2D eigenvalue weighted by Crippen LogP contribution is 2.07. The van der Waals surface area contributed by atoms with Crippen molar-refractivity contribution in [3.8, 4) is 5.75 Å². The SMILES string of the molecule is C[C@H](NC(=O)c1ccccc1)C(=O)N/N=C/c1ccc(O)cc1. The van der Waals surface area contributed by atoms with Gasteiger partial charge in [0, 0.05) is 5.56 Å². The number of phenols is 1. The Labute approximate surface area is 133 Å². The molecule has 0 spiro atoms. The van der Waals surface area contributed by atoms with Crippen molar-refractivity contribution in [3.05, 3.63) is 65.7 Å². The minimum atomic E-state index is -0.723. The van der Waals surface area contributed by atoms with Gasteiger partial charge >= 0.3 is 0 Å². The van der Waals surface area contributed by atoms with E-state index < -0.39 is 11.9 Å². The third-order valence-electron chi connectivity index (χ3n) is 3.06. The van der Waals surface area contributed by atoms with Crippen LogP contribution in [0.3, 0.4) is 0 Å². The number of rotatable bonds is 5. The van der Waals surface area contributed by atoms with Crippen molar-refractivity contribution in [1.82, 2.24) is 10.7 Å². The maximum atomic E-state index is 11.9. The Morgan fingerprint density at radius 1 is 1.09 bits per heavy atom. The topological polar surface area (TPSA) is 90.8 Å². The van der Waals surface area contributed by atoms with Gasteiger partial charge in [-0.05, 0) is 48.9 Å². The molecule has 0 aliphatic carbocycles. The highest BCUT2D eigenvalue weighted by atomic mass is 16.3. The van der Waals surface area contributed by atoms with Crippen molar-refractivity contribution in [2.24, 2.45) is 5.10 Å². The summed E-state index contributed by atoms with van der Waals surface area (Å²) in [7, 11) is 0. The summed E-state index contributed by atoms with van der Waals surface area (Å²) in [6.07, 6.45) is 1.45. The van der Waals surface area contributed by atoms with Crippen LogP contribution in [-0.2, 0) is 4.79 Å². The lowest BCUT2D eigenvalue weighted by Crippen LogP contribution is -2.43. The van der Waals surface area contributed by atoms with E-state index in [-0.39, 0.29) is 11.7 Å². The Bertz CT molecular complexity index is 697. The van der Waals surface area contributed by atoms with Crippen molar-refractivity contribution in [1.29, 1.82) is 0 Å². The fourth-order valence-corrected chi connectivity index (χ4v) is 1.76. The van der Waals surface area contributed by atoms with Crippen molar-refractivity contribution < 1.29 is 14.7 Å². The molecule has 118 valence electrons. The van der Waals surface area contributed by atoms with E-state index in [2.05, 4.69) is 15.8 Å². The van der Waals surface area contributed by atoms with E-state index in [1.165, 1.54) is 18.3 Å². The number of nitrogens with zero attached hydrogens (tertiary/aromatic N) is 1. The van der Waals surface area contributed by atoms with Crippen LogP contribution in [0.15, 0.2) is 59.7 Å². The van der Waals surface area contributed by atoms with E-state index in [1.54, 1.807) is 43.3 Å². The van der Waals surface area contributed by atoms with Crippen LogP contribution in [0.2, 0.25) is 0 Å². The molecule has 3 N–H and O–H groups in total. The molecule has 0 bridgehead atoms. The zero-order valence-electron chi connectivity index (χ0n) is 12.6. The first-order valence-electron chi connectivity index (χ1n) is 7.04. The number of carbonyl (C=O) groups excluding carboxylic acids is 2. The molecule has 0 aliphatic heterocycles. The summed E-state index contributed by atoms with van der Waals surface area (Å²) in [5.74, 6) is -0.594. The van der Waals surface area contributed by atoms with E-state index in [4.69, 9.17) is 5.11 Å². The van der Waals surface area contributed by atoms with E-state index >= 15 is 0 Å². The largest absolute Gasteiger partial charge is 0.508 e. The van der Waals surface area contributed by atoms with Crippen LogP contribution in [-0.4, -0.2) is 29.2 Å². The second kappa shape index (κ2) is 7.74. The van der Waals surface area contributed by atoms with Gasteiger partial charge in [-0.1, -0.05) is 18.2 Å². The van der Waals surface area contributed by atoms with Crippen LogP contribution in [0, 0.1) is 0 Å². The van der Waals surface area contributed by atoms with Crippen molar-refractivity contribution in [2.45, 2.75) is 13.0 Å². The van der Waals surface area contributed by atoms with Gasteiger partial charge in [0.1, 0.15) is 11.8 Å². The molecule has 0 aliphatic rings. The quantitative estimate of drug-likeness (QED) is 0.579. The first kappa shape index (κ1) is 16.2. The van der Waals surface area contributed by atoms with Crippen LogP contribution in [0.1, 0.15) is 22.8 Å². The fraction of sp³-hybridized carbons (Fsp3) is 0.118. The van der Waals surface area contributed by atoms with E-state index in [9.17, 15) is 9.59 Å². The summed E-state index contributed by atoms with van der Waals surface area (Å²) in [5, 5.41) is 15.6. The molecule has 0 heterocycles. The zero-order valence-corrected chi connectivity index (χ0v) is 12.6. The Morgan fingerprint density at radius 3 is 2.39 bits per heavy atom. The molecule has 0 unspecified atom stereocenters. The van der Waals surface area contributed by atoms with Crippen LogP contribution in [0.5, 0.6) is 5.75 Å². The van der Waals surface area contributed by atoms with Crippen molar-refractivity contribution in [3.63, 3.8) is 0 Å². The lowest BCUT2D eigenvalue weighted by atomic mass is 10.2. The Balaban J connectivity index is 1.85. The maximum Gasteiger partial charge on any atom is 0.262 e. The lowest BCUT2D eigenvalue weighted by molar-refractivity contribution is -0.122. The third-order valence-corrected chi connectivity index (χ3v) is 3.06.